The quantitative estimate of drug-likeness (QED) is 0.899. The molecule has 4 nitrogen and oxygen atoms in total. The normalized spacial score (nSPS) is 22.5. The van der Waals surface area contributed by atoms with E-state index in [1.165, 1.54) is 4.90 Å². The molecule has 0 amide bonds. The molecule has 0 bridgehead atoms. The van der Waals surface area contributed by atoms with Gasteiger partial charge in [-0.2, -0.15) is 0 Å². The smallest absolute Gasteiger partial charge is 0.183 e. The fourth-order valence-electron chi connectivity index (χ4n) is 3.17. The van der Waals surface area contributed by atoms with Gasteiger partial charge >= 0.3 is 0 Å². The number of quaternary nitrogens is 1. The molecule has 1 aromatic heterocycles. The molecule has 0 spiro atoms. The van der Waals surface area contributed by atoms with Crippen LogP contribution in [0.15, 0.2) is 59.8 Å². The van der Waals surface area contributed by atoms with Crippen LogP contribution >= 0.6 is 0 Å². The van der Waals surface area contributed by atoms with Crippen LogP contribution in [0.25, 0.3) is 0 Å². The average molecular weight is 319 g/mol. The maximum absolute atomic E-state index is 12.3. The van der Waals surface area contributed by atoms with E-state index < -0.39 is 9.84 Å². The van der Waals surface area contributed by atoms with Crippen LogP contribution in [0.2, 0.25) is 0 Å². The zero-order valence-electron chi connectivity index (χ0n) is 12.7. The molecule has 1 aromatic carbocycles. The lowest BCUT2D eigenvalue weighted by Gasteiger charge is -2.30. The first kappa shape index (κ1) is 15.3. The van der Waals surface area contributed by atoms with Crippen LogP contribution in [0, 0.1) is 0 Å². The van der Waals surface area contributed by atoms with Crippen molar-refractivity contribution in [3.63, 3.8) is 0 Å². The number of rotatable bonds is 5. The Morgan fingerprint density at radius 1 is 1.00 bits per heavy atom. The third kappa shape index (κ3) is 3.59. The Morgan fingerprint density at radius 3 is 2.27 bits per heavy atom. The summed E-state index contributed by atoms with van der Waals surface area (Å²) in [4.78, 5) is 1.85. The third-order valence-electron chi connectivity index (χ3n) is 4.54. The van der Waals surface area contributed by atoms with E-state index in [0.29, 0.717) is 17.5 Å². The topological polar surface area (TPSA) is 43.5 Å². The number of piperidine rings is 1. The molecule has 0 atom stereocenters. The summed E-state index contributed by atoms with van der Waals surface area (Å²) in [5, 5.41) is 0. The van der Waals surface area contributed by atoms with Crippen LogP contribution in [-0.4, -0.2) is 38.4 Å². The lowest BCUT2D eigenvalue weighted by atomic mass is 10.1. The molecule has 2 heterocycles. The summed E-state index contributed by atoms with van der Waals surface area (Å²) in [5.41, 5.74) is 0. The van der Waals surface area contributed by atoms with Gasteiger partial charge in [0.15, 0.2) is 9.84 Å². The predicted molar refractivity (Wildman–Crippen MR) is 86.8 cm³/mol. The van der Waals surface area contributed by atoms with Gasteiger partial charge in [-0.25, -0.2) is 8.42 Å². The molecule has 3 rings (SSSR count). The Hall–Kier alpha value is -1.59. The highest BCUT2D eigenvalue weighted by Crippen LogP contribution is 2.16. The molecule has 0 aliphatic carbocycles. The van der Waals surface area contributed by atoms with Crippen LogP contribution in [-0.2, 0) is 9.84 Å². The van der Waals surface area contributed by atoms with Crippen molar-refractivity contribution in [2.75, 3.05) is 25.4 Å². The number of hydrogen-bond donors (Lipinski definition) is 1. The minimum absolute atomic E-state index is 0.237. The zero-order chi connectivity index (χ0) is 15.4. The first-order chi connectivity index (χ1) is 10.6. The molecule has 2 aromatic rings. The summed E-state index contributed by atoms with van der Waals surface area (Å²) in [6.45, 7) is 2.80. The van der Waals surface area contributed by atoms with E-state index in [1.807, 2.05) is 6.07 Å². The highest BCUT2D eigenvalue weighted by molar-refractivity contribution is 7.91. The van der Waals surface area contributed by atoms with Crippen molar-refractivity contribution < 1.29 is 13.3 Å². The Bertz CT molecular complexity index is 673. The molecule has 0 radical (unpaired) electrons. The van der Waals surface area contributed by atoms with Crippen LogP contribution < -0.4 is 4.90 Å². The summed E-state index contributed by atoms with van der Waals surface area (Å²) in [5.74, 6) is 0.237. The minimum Gasteiger partial charge on any atom is -0.351 e. The second-order valence-corrected chi connectivity index (χ2v) is 8.10. The highest BCUT2D eigenvalue weighted by Gasteiger charge is 2.24. The van der Waals surface area contributed by atoms with Crippen LogP contribution in [0.1, 0.15) is 18.9 Å². The molecule has 1 aliphatic rings. The number of nitrogens with zero attached hydrogens (tertiary/aromatic N) is 1. The third-order valence-corrected chi connectivity index (χ3v) is 6.27. The lowest BCUT2D eigenvalue weighted by molar-refractivity contribution is -0.903. The summed E-state index contributed by atoms with van der Waals surface area (Å²) in [7, 11) is -3.14. The molecule has 118 valence electrons. The van der Waals surface area contributed by atoms with Gasteiger partial charge in [-0.15, -0.1) is 0 Å². The van der Waals surface area contributed by atoms with Gasteiger partial charge in [-0.3, -0.25) is 0 Å². The first-order valence-corrected chi connectivity index (χ1v) is 9.54. The molecule has 1 saturated heterocycles. The van der Waals surface area contributed by atoms with Crippen molar-refractivity contribution in [1.82, 2.24) is 4.57 Å². The first-order valence-electron chi connectivity index (χ1n) is 7.89. The monoisotopic (exact) mass is 319 g/mol. The summed E-state index contributed by atoms with van der Waals surface area (Å²) >= 11 is 0. The largest absolute Gasteiger partial charge is 0.351 e. The number of aromatic nitrogens is 1. The second-order valence-electron chi connectivity index (χ2n) is 5.99. The van der Waals surface area contributed by atoms with E-state index in [0.717, 1.165) is 25.9 Å². The van der Waals surface area contributed by atoms with E-state index in [-0.39, 0.29) is 5.75 Å². The van der Waals surface area contributed by atoms with E-state index in [9.17, 15) is 8.42 Å². The molecule has 5 heteroatoms. The zero-order valence-corrected chi connectivity index (χ0v) is 13.5. The van der Waals surface area contributed by atoms with Gasteiger partial charge < -0.3 is 9.47 Å². The molecule has 1 fully saturated rings. The van der Waals surface area contributed by atoms with Crippen molar-refractivity contribution in [1.29, 1.82) is 0 Å². The van der Waals surface area contributed by atoms with Crippen molar-refractivity contribution in [3.8, 4) is 0 Å². The Labute approximate surface area is 132 Å². The Balaban J connectivity index is 1.51. The van der Waals surface area contributed by atoms with Gasteiger partial charge in [0.2, 0.25) is 0 Å². The second kappa shape index (κ2) is 6.67. The fraction of sp³-hybridized carbons (Fsp3) is 0.412. The number of likely N-dealkylation sites (tertiary alicyclic amines) is 1. The summed E-state index contributed by atoms with van der Waals surface area (Å²) in [6, 6.07) is 13.5. The van der Waals surface area contributed by atoms with Gasteiger partial charge in [0.1, 0.15) is 5.75 Å². The van der Waals surface area contributed by atoms with Gasteiger partial charge in [0, 0.05) is 31.3 Å². The molecule has 22 heavy (non-hydrogen) atoms. The van der Waals surface area contributed by atoms with Crippen LogP contribution in [0.3, 0.4) is 0 Å². The van der Waals surface area contributed by atoms with Crippen molar-refractivity contribution >= 4 is 9.84 Å². The fourth-order valence-corrected chi connectivity index (χ4v) is 4.54. The van der Waals surface area contributed by atoms with Crippen molar-refractivity contribution in [2.45, 2.75) is 23.8 Å². The van der Waals surface area contributed by atoms with Crippen LogP contribution in [0.4, 0.5) is 0 Å². The molecule has 1 N–H and O–H groups in total. The lowest BCUT2D eigenvalue weighted by Crippen LogP contribution is -3.13. The van der Waals surface area contributed by atoms with E-state index >= 15 is 0 Å². The van der Waals surface area contributed by atoms with E-state index in [1.54, 1.807) is 24.3 Å². The molecule has 0 saturated carbocycles. The maximum atomic E-state index is 12.3. The predicted octanol–water partition coefficient (Wildman–Crippen LogP) is 1.18. The number of sulfone groups is 1. The summed E-state index contributed by atoms with van der Waals surface area (Å²) in [6.07, 6.45) is 6.48. The molecule has 0 unspecified atom stereocenters. The van der Waals surface area contributed by atoms with E-state index in [4.69, 9.17) is 0 Å². The van der Waals surface area contributed by atoms with Gasteiger partial charge in [0.05, 0.1) is 24.5 Å². The molecular weight excluding hydrogens is 296 g/mol. The SMILES string of the molecule is O=S(=O)(CC[NH+]1CCC(n2cccc2)CC1)c1ccccc1. The van der Waals surface area contributed by atoms with Gasteiger partial charge in [-0.05, 0) is 24.3 Å². The molecule has 1 aliphatic heterocycles. The number of nitrogens with one attached hydrogen (secondary N) is 1. The van der Waals surface area contributed by atoms with Gasteiger partial charge in [-0.1, -0.05) is 18.2 Å². The van der Waals surface area contributed by atoms with Crippen molar-refractivity contribution in [2.24, 2.45) is 0 Å². The highest BCUT2D eigenvalue weighted by atomic mass is 32.2. The standard InChI is InChI=1S/C17H22N2O2S/c20-22(21,17-6-2-1-3-7-17)15-14-18-12-8-16(9-13-18)19-10-4-5-11-19/h1-7,10-11,16H,8-9,12-15H2/p+1. The van der Waals surface area contributed by atoms with E-state index in [2.05, 4.69) is 29.1 Å². The van der Waals surface area contributed by atoms with Gasteiger partial charge in [0.25, 0.3) is 0 Å². The number of hydrogen-bond acceptors (Lipinski definition) is 2. The number of benzene rings is 1. The molecular formula is C17H23N2O2S+. The van der Waals surface area contributed by atoms with Crippen molar-refractivity contribution in [3.05, 3.63) is 54.9 Å². The van der Waals surface area contributed by atoms with Crippen LogP contribution in [0.5, 0.6) is 0 Å². The maximum Gasteiger partial charge on any atom is 0.183 e. The minimum atomic E-state index is -3.14. The Kier molecular flexibility index (Phi) is 4.64. The Morgan fingerprint density at radius 2 is 1.64 bits per heavy atom. The summed E-state index contributed by atoms with van der Waals surface area (Å²) < 4.78 is 26.9. The average Bonchev–Trinajstić information content (AvgIpc) is 3.09.